The third kappa shape index (κ3) is 4.63. The molecule has 0 spiro atoms. The van der Waals surface area contributed by atoms with Crippen LogP contribution in [0.1, 0.15) is 24.1 Å². The van der Waals surface area contributed by atoms with Crippen LogP contribution in [0, 0.1) is 24.2 Å². The zero-order chi connectivity index (χ0) is 24.4. The van der Waals surface area contributed by atoms with Crippen LogP contribution < -0.4 is 15.0 Å². The Labute approximate surface area is 206 Å². The van der Waals surface area contributed by atoms with Gasteiger partial charge < -0.3 is 23.8 Å². The fraction of sp³-hybridized carbons (Fsp3) is 0.280. The highest BCUT2D eigenvalue weighted by Gasteiger charge is 2.29. The van der Waals surface area contributed by atoms with Gasteiger partial charge in [0, 0.05) is 30.0 Å². The number of hydrogen-bond donors (Lipinski definition) is 1. The van der Waals surface area contributed by atoms with Crippen LogP contribution >= 0.6 is 11.3 Å². The Bertz CT molecular complexity index is 1380. The standard InChI is InChI=1S/C25H23N5O4S/c1-15-5-6-20(32-2)17(12-15)19-14-35-25(28-19)29-22(31)16-7-9-30(10-8-16)24-18(13-26)27-23(34-24)21-4-3-11-33-21/h3-6,11-12,14,16H,7-10H2,1-2H3,(H,28,29,31). The molecule has 1 fully saturated rings. The first kappa shape index (κ1) is 22.7. The number of aromatic nitrogens is 2. The van der Waals surface area contributed by atoms with Crippen molar-refractivity contribution in [2.45, 2.75) is 19.8 Å². The summed E-state index contributed by atoms with van der Waals surface area (Å²) in [5.41, 5.74) is 2.98. The number of methoxy groups -OCH3 is 1. The lowest BCUT2D eigenvalue weighted by atomic mass is 9.96. The number of nitrogens with one attached hydrogen (secondary N) is 1. The van der Waals surface area contributed by atoms with Crippen LogP contribution in [0.4, 0.5) is 11.0 Å². The maximum Gasteiger partial charge on any atom is 0.266 e. The van der Waals surface area contributed by atoms with Crippen molar-refractivity contribution in [3.05, 3.63) is 53.2 Å². The monoisotopic (exact) mass is 489 g/mol. The number of rotatable bonds is 6. The van der Waals surface area contributed by atoms with Crippen LogP contribution in [-0.2, 0) is 4.79 Å². The van der Waals surface area contributed by atoms with Gasteiger partial charge in [0.25, 0.3) is 5.89 Å². The topological polar surface area (TPSA) is 117 Å². The second kappa shape index (κ2) is 9.64. The molecule has 4 aromatic rings. The number of thiazole rings is 1. The largest absolute Gasteiger partial charge is 0.496 e. The van der Waals surface area contributed by atoms with Crippen molar-refractivity contribution in [3.63, 3.8) is 0 Å². The fourth-order valence-corrected chi connectivity index (χ4v) is 4.85. The SMILES string of the molecule is COc1ccc(C)cc1-c1csc(NC(=O)C2CCN(c3oc(-c4ccco4)nc3C#N)CC2)n1. The van der Waals surface area contributed by atoms with Crippen LogP contribution in [0.15, 0.2) is 50.8 Å². The summed E-state index contributed by atoms with van der Waals surface area (Å²) in [6, 6.07) is 11.5. The number of amides is 1. The summed E-state index contributed by atoms with van der Waals surface area (Å²) in [5, 5.41) is 14.9. The molecule has 5 rings (SSSR count). The highest BCUT2D eigenvalue weighted by molar-refractivity contribution is 7.14. The quantitative estimate of drug-likeness (QED) is 0.397. The number of ether oxygens (including phenoxy) is 1. The van der Waals surface area contributed by atoms with E-state index in [0.717, 1.165) is 22.6 Å². The van der Waals surface area contributed by atoms with E-state index in [9.17, 15) is 10.1 Å². The Morgan fingerprint density at radius 3 is 2.83 bits per heavy atom. The van der Waals surface area contributed by atoms with Crippen molar-refractivity contribution in [2.75, 3.05) is 30.4 Å². The van der Waals surface area contributed by atoms with Crippen LogP contribution in [0.3, 0.4) is 0 Å². The maximum absolute atomic E-state index is 12.9. The Kier molecular flexibility index (Phi) is 6.25. The van der Waals surface area contributed by atoms with Crippen molar-refractivity contribution in [2.24, 2.45) is 5.92 Å². The number of oxazole rings is 1. The van der Waals surface area contributed by atoms with Crippen LogP contribution in [0.2, 0.25) is 0 Å². The molecule has 1 aliphatic rings. The molecule has 178 valence electrons. The summed E-state index contributed by atoms with van der Waals surface area (Å²) >= 11 is 1.39. The summed E-state index contributed by atoms with van der Waals surface area (Å²) < 4.78 is 16.6. The van der Waals surface area contributed by atoms with Gasteiger partial charge in [-0.1, -0.05) is 11.6 Å². The van der Waals surface area contributed by atoms with Crippen molar-refractivity contribution in [3.8, 4) is 34.7 Å². The lowest BCUT2D eigenvalue weighted by Crippen LogP contribution is -2.38. The summed E-state index contributed by atoms with van der Waals surface area (Å²) in [4.78, 5) is 23.7. The van der Waals surface area contributed by atoms with E-state index < -0.39 is 0 Å². The minimum Gasteiger partial charge on any atom is -0.496 e. The lowest BCUT2D eigenvalue weighted by Gasteiger charge is -2.30. The fourth-order valence-electron chi connectivity index (χ4n) is 4.13. The van der Waals surface area contributed by atoms with Gasteiger partial charge in [-0.15, -0.1) is 11.3 Å². The van der Waals surface area contributed by atoms with Gasteiger partial charge in [0.1, 0.15) is 11.8 Å². The molecule has 10 heteroatoms. The molecule has 4 heterocycles. The number of nitrogens with zero attached hydrogens (tertiary/aromatic N) is 4. The average Bonchev–Trinajstić information content (AvgIpc) is 3.65. The zero-order valence-corrected chi connectivity index (χ0v) is 20.1. The minimum atomic E-state index is -0.162. The third-order valence-electron chi connectivity index (χ3n) is 5.97. The molecule has 0 aliphatic carbocycles. The van der Waals surface area contributed by atoms with E-state index >= 15 is 0 Å². The number of aryl methyl sites for hydroxylation is 1. The summed E-state index contributed by atoms with van der Waals surface area (Å²) in [5.74, 6) is 1.67. The van der Waals surface area contributed by atoms with E-state index in [2.05, 4.69) is 21.4 Å². The van der Waals surface area contributed by atoms with Crippen molar-refractivity contribution in [1.82, 2.24) is 9.97 Å². The Morgan fingerprint density at radius 2 is 2.11 bits per heavy atom. The second-order valence-corrected chi connectivity index (χ2v) is 9.11. The Hall–Kier alpha value is -4.10. The molecule has 35 heavy (non-hydrogen) atoms. The molecule has 9 nitrogen and oxygen atoms in total. The predicted octanol–water partition coefficient (Wildman–Crippen LogP) is 5.10. The van der Waals surface area contributed by atoms with Gasteiger partial charge in [-0.25, -0.2) is 4.98 Å². The third-order valence-corrected chi connectivity index (χ3v) is 6.72. The molecular formula is C25H23N5O4S. The maximum atomic E-state index is 12.9. The molecule has 0 atom stereocenters. The highest BCUT2D eigenvalue weighted by Crippen LogP contribution is 2.34. The Morgan fingerprint density at radius 1 is 1.29 bits per heavy atom. The van der Waals surface area contributed by atoms with Crippen molar-refractivity contribution < 1.29 is 18.4 Å². The Balaban J connectivity index is 1.23. The molecule has 1 aromatic carbocycles. The number of hydrogen-bond acceptors (Lipinski definition) is 9. The lowest BCUT2D eigenvalue weighted by molar-refractivity contribution is -0.120. The van der Waals surface area contributed by atoms with Crippen molar-refractivity contribution in [1.29, 1.82) is 5.26 Å². The van der Waals surface area contributed by atoms with Crippen LogP contribution in [-0.4, -0.2) is 36.1 Å². The van der Waals surface area contributed by atoms with Gasteiger partial charge in [-0.2, -0.15) is 10.2 Å². The molecular weight excluding hydrogens is 466 g/mol. The minimum absolute atomic E-state index is 0.0592. The first-order valence-corrected chi connectivity index (χ1v) is 12.0. The number of piperidine rings is 1. The second-order valence-electron chi connectivity index (χ2n) is 8.25. The number of carbonyl (C=O) groups is 1. The van der Waals surface area contributed by atoms with Gasteiger partial charge in [0.15, 0.2) is 10.9 Å². The number of benzene rings is 1. The molecule has 3 aromatic heterocycles. The predicted molar refractivity (Wildman–Crippen MR) is 131 cm³/mol. The van der Waals surface area contributed by atoms with Gasteiger partial charge in [-0.3, -0.25) is 4.79 Å². The van der Waals surface area contributed by atoms with Crippen LogP contribution in [0.25, 0.3) is 22.9 Å². The molecule has 0 radical (unpaired) electrons. The van der Waals surface area contributed by atoms with E-state index in [0.29, 0.717) is 42.7 Å². The number of furan rings is 1. The van der Waals surface area contributed by atoms with Gasteiger partial charge in [-0.05, 0) is 44.0 Å². The van der Waals surface area contributed by atoms with E-state index in [1.165, 1.54) is 17.6 Å². The van der Waals surface area contributed by atoms with Crippen LogP contribution in [0.5, 0.6) is 5.75 Å². The average molecular weight is 490 g/mol. The number of nitriles is 1. The number of anilines is 2. The van der Waals surface area contributed by atoms with Gasteiger partial charge in [0.2, 0.25) is 17.5 Å². The molecule has 1 saturated heterocycles. The first-order valence-electron chi connectivity index (χ1n) is 11.2. The molecule has 0 bridgehead atoms. The summed E-state index contributed by atoms with van der Waals surface area (Å²) in [6.07, 6.45) is 2.77. The molecule has 1 aliphatic heterocycles. The normalized spacial score (nSPS) is 14.0. The molecule has 0 saturated carbocycles. The number of carbonyl (C=O) groups excluding carboxylic acids is 1. The first-order chi connectivity index (χ1) is 17.1. The molecule has 1 amide bonds. The van der Waals surface area contributed by atoms with E-state index in [-0.39, 0.29) is 23.4 Å². The van der Waals surface area contributed by atoms with E-state index in [4.69, 9.17) is 13.6 Å². The molecule has 1 N–H and O–H groups in total. The summed E-state index contributed by atoms with van der Waals surface area (Å²) in [6.45, 7) is 3.16. The zero-order valence-electron chi connectivity index (χ0n) is 19.3. The smallest absolute Gasteiger partial charge is 0.266 e. The van der Waals surface area contributed by atoms with Gasteiger partial charge in [0.05, 0.1) is 19.1 Å². The van der Waals surface area contributed by atoms with E-state index in [1.807, 2.05) is 35.4 Å². The summed E-state index contributed by atoms with van der Waals surface area (Å²) in [7, 11) is 1.63. The highest BCUT2D eigenvalue weighted by atomic mass is 32.1. The van der Waals surface area contributed by atoms with Gasteiger partial charge >= 0.3 is 0 Å². The van der Waals surface area contributed by atoms with E-state index in [1.54, 1.807) is 19.2 Å². The molecule has 0 unspecified atom stereocenters. The van der Waals surface area contributed by atoms with Crippen molar-refractivity contribution >= 4 is 28.3 Å².